The first kappa shape index (κ1) is 19.4. The maximum atomic E-state index is 12.7. The number of halogens is 6. The van der Waals surface area contributed by atoms with E-state index in [1.807, 2.05) is 6.07 Å². The highest BCUT2D eigenvalue weighted by atomic mass is 19.4. The maximum absolute atomic E-state index is 12.7. The number of aromatic nitrogens is 1. The lowest BCUT2D eigenvalue weighted by molar-refractivity contribution is -0.138. The predicted molar refractivity (Wildman–Crippen MR) is 89.8 cm³/mol. The van der Waals surface area contributed by atoms with Gasteiger partial charge in [-0.05, 0) is 36.4 Å². The molecule has 0 bridgehead atoms. The molecule has 0 spiro atoms. The zero-order chi connectivity index (χ0) is 20.5. The molecule has 28 heavy (non-hydrogen) atoms. The van der Waals surface area contributed by atoms with E-state index in [0.717, 1.165) is 24.3 Å². The van der Waals surface area contributed by atoms with Gasteiger partial charge >= 0.3 is 12.4 Å². The molecule has 3 rings (SSSR count). The van der Waals surface area contributed by atoms with E-state index < -0.39 is 23.5 Å². The van der Waals surface area contributed by atoms with Crippen LogP contribution in [-0.2, 0) is 12.4 Å². The number of nitrogens with zero attached hydrogens (tertiary/aromatic N) is 2. The molecule has 3 aromatic rings. The molecule has 2 aromatic carbocycles. The summed E-state index contributed by atoms with van der Waals surface area (Å²) in [6.07, 6.45) is -8.96. The minimum Gasteiger partial charge on any atom is -0.246 e. The van der Waals surface area contributed by atoms with E-state index in [2.05, 4.69) is 4.98 Å². The van der Waals surface area contributed by atoms with Gasteiger partial charge in [0.15, 0.2) is 0 Å². The maximum Gasteiger partial charge on any atom is 0.416 e. The van der Waals surface area contributed by atoms with Gasteiger partial charge in [0.2, 0.25) is 0 Å². The van der Waals surface area contributed by atoms with Crippen molar-refractivity contribution in [3.05, 3.63) is 77.4 Å². The molecule has 1 aromatic heterocycles. The van der Waals surface area contributed by atoms with Gasteiger partial charge in [0.1, 0.15) is 6.07 Å². The van der Waals surface area contributed by atoms with E-state index in [1.54, 1.807) is 0 Å². The highest BCUT2D eigenvalue weighted by Gasteiger charge is 2.31. The van der Waals surface area contributed by atoms with Gasteiger partial charge in [-0.3, -0.25) is 0 Å². The van der Waals surface area contributed by atoms with Crippen LogP contribution in [0.25, 0.3) is 22.5 Å². The molecule has 0 amide bonds. The molecule has 142 valence electrons. The molecule has 0 fully saturated rings. The fourth-order valence-electron chi connectivity index (χ4n) is 2.58. The van der Waals surface area contributed by atoms with Crippen LogP contribution in [0.5, 0.6) is 0 Å². The van der Waals surface area contributed by atoms with Crippen molar-refractivity contribution in [2.45, 2.75) is 12.4 Å². The average molecular weight is 392 g/mol. The second-order valence-electron chi connectivity index (χ2n) is 5.85. The molecule has 8 heteroatoms. The first-order chi connectivity index (χ1) is 13.1. The van der Waals surface area contributed by atoms with Crippen LogP contribution in [-0.4, -0.2) is 4.98 Å². The Morgan fingerprint density at radius 3 is 1.54 bits per heavy atom. The molecule has 0 aliphatic carbocycles. The molecule has 0 saturated carbocycles. The lowest BCUT2D eigenvalue weighted by Crippen LogP contribution is -2.04. The molecule has 0 aliphatic heterocycles. The van der Waals surface area contributed by atoms with Gasteiger partial charge in [-0.15, -0.1) is 0 Å². The number of hydrogen-bond donors (Lipinski definition) is 0. The summed E-state index contributed by atoms with van der Waals surface area (Å²) < 4.78 is 76.2. The number of nitriles is 1. The molecule has 0 atom stereocenters. The minimum absolute atomic E-state index is 0.135. The van der Waals surface area contributed by atoms with E-state index in [4.69, 9.17) is 0 Å². The largest absolute Gasteiger partial charge is 0.416 e. The third kappa shape index (κ3) is 3.98. The Balaban J connectivity index is 2.02. The summed E-state index contributed by atoms with van der Waals surface area (Å²) in [5.41, 5.74) is -0.405. The van der Waals surface area contributed by atoms with Crippen LogP contribution in [0, 0.1) is 11.3 Å². The number of benzene rings is 2. The van der Waals surface area contributed by atoms with Gasteiger partial charge in [-0.2, -0.15) is 31.6 Å². The fraction of sp³-hybridized carbons (Fsp3) is 0.100. The van der Waals surface area contributed by atoms with Gasteiger partial charge in [-0.1, -0.05) is 24.3 Å². The Kier molecular flexibility index (Phi) is 4.86. The van der Waals surface area contributed by atoms with Crippen molar-refractivity contribution in [2.75, 3.05) is 0 Å². The first-order valence-electron chi connectivity index (χ1n) is 7.86. The average Bonchev–Trinajstić information content (AvgIpc) is 2.66. The number of alkyl halides is 6. The summed E-state index contributed by atoms with van der Waals surface area (Å²) in [7, 11) is 0. The normalized spacial score (nSPS) is 11.9. The van der Waals surface area contributed by atoms with Crippen LogP contribution in [0.3, 0.4) is 0 Å². The molecule has 0 N–H and O–H groups in total. The SMILES string of the molecule is N#Cc1ccc(-c2ccc(C(F)(F)F)cc2)nc1-c1ccc(C(F)(F)F)cc1. The van der Waals surface area contributed by atoms with E-state index in [-0.39, 0.29) is 11.3 Å². The van der Waals surface area contributed by atoms with Gasteiger partial charge in [0, 0.05) is 11.1 Å². The monoisotopic (exact) mass is 392 g/mol. The van der Waals surface area contributed by atoms with Crippen LogP contribution >= 0.6 is 0 Å². The highest BCUT2D eigenvalue weighted by molar-refractivity contribution is 5.71. The van der Waals surface area contributed by atoms with Crippen molar-refractivity contribution in [1.82, 2.24) is 4.98 Å². The summed E-state index contributed by atoms with van der Waals surface area (Å²) in [5.74, 6) is 0. The molecular weight excluding hydrogens is 382 g/mol. The Bertz CT molecular complexity index is 1030. The van der Waals surface area contributed by atoms with Crippen LogP contribution in [0.2, 0.25) is 0 Å². The van der Waals surface area contributed by atoms with Crippen LogP contribution < -0.4 is 0 Å². The van der Waals surface area contributed by atoms with E-state index in [9.17, 15) is 31.6 Å². The van der Waals surface area contributed by atoms with Gasteiger partial charge in [0.25, 0.3) is 0 Å². The van der Waals surface area contributed by atoms with Crippen molar-refractivity contribution in [2.24, 2.45) is 0 Å². The van der Waals surface area contributed by atoms with E-state index >= 15 is 0 Å². The third-order valence-corrected chi connectivity index (χ3v) is 4.01. The van der Waals surface area contributed by atoms with Crippen LogP contribution in [0.4, 0.5) is 26.3 Å². The highest BCUT2D eigenvalue weighted by Crippen LogP contribution is 2.33. The smallest absolute Gasteiger partial charge is 0.246 e. The number of rotatable bonds is 2. The topological polar surface area (TPSA) is 36.7 Å². The fourth-order valence-corrected chi connectivity index (χ4v) is 2.58. The standard InChI is InChI=1S/C20H10F6N2/c21-19(22,23)15-6-1-12(2-7-15)17-10-5-14(11-27)18(28-17)13-3-8-16(9-4-13)20(24,25)26/h1-10H. The second-order valence-corrected chi connectivity index (χ2v) is 5.85. The molecule has 0 aliphatic rings. The van der Waals surface area contributed by atoms with Crippen LogP contribution in [0.1, 0.15) is 16.7 Å². The number of pyridine rings is 1. The summed E-state index contributed by atoms with van der Waals surface area (Å²) in [4.78, 5) is 4.28. The van der Waals surface area contributed by atoms with Crippen molar-refractivity contribution in [1.29, 1.82) is 5.26 Å². The van der Waals surface area contributed by atoms with E-state index in [0.29, 0.717) is 16.8 Å². The van der Waals surface area contributed by atoms with E-state index in [1.165, 1.54) is 36.4 Å². The first-order valence-corrected chi connectivity index (χ1v) is 7.86. The predicted octanol–water partition coefficient (Wildman–Crippen LogP) is 6.32. The Morgan fingerprint density at radius 2 is 1.11 bits per heavy atom. The lowest BCUT2D eigenvalue weighted by Gasteiger charge is -2.11. The molecule has 0 saturated heterocycles. The Labute approximate surface area is 155 Å². The molecule has 1 heterocycles. The minimum atomic E-state index is -4.49. The van der Waals surface area contributed by atoms with Gasteiger partial charge in [-0.25, -0.2) is 4.98 Å². The zero-order valence-corrected chi connectivity index (χ0v) is 13.9. The third-order valence-electron chi connectivity index (χ3n) is 4.01. The second kappa shape index (κ2) is 7.00. The molecular formula is C20H10F6N2. The van der Waals surface area contributed by atoms with Crippen molar-refractivity contribution < 1.29 is 26.3 Å². The Morgan fingerprint density at radius 1 is 0.643 bits per heavy atom. The van der Waals surface area contributed by atoms with Crippen molar-refractivity contribution in [3.63, 3.8) is 0 Å². The van der Waals surface area contributed by atoms with Crippen molar-refractivity contribution in [3.8, 4) is 28.6 Å². The van der Waals surface area contributed by atoms with Crippen molar-refractivity contribution >= 4 is 0 Å². The van der Waals surface area contributed by atoms with Gasteiger partial charge < -0.3 is 0 Å². The lowest BCUT2D eigenvalue weighted by atomic mass is 10.0. The quantitative estimate of drug-likeness (QED) is 0.478. The summed E-state index contributed by atoms with van der Waals surface area (Å²) in [6.45, 7) is 0. The molecule has 0 radical (unpaired) electrons. The molecule has 0 unspecified atom stereocenters. The summed E-state index contributed by atoms with van der Waals surface area (Å²) >= 11 is 0. The molecule has 2 nitrogen and oxygen atoms in total. The zero-order valence-electron chi connectivity index (χ0n) is 13.9. The Hall–Kier alpha value is -3.34. The van der Waals surface area contributed by atoms with Crippen LogP contribution in [0.15, 0.2) is 60.7 Å². The number of hydrogen-bond acceptors (Lipinski definition) is 2. The van der Waals surface area contributed by atoms with Gasteiger partial charge in [0.05, 0.1) is 28.1 Å². The summed E-state index contributed by atoms with van der Waals surface area (Å²) in [5, 5.41) is 9.26. The summed E-state index contributed by atoms with van der Waals surface area (Å²) in [6, 6.07) is 13.3.